The van der Waals surface area contributed by atoms with Crippen LogP contribution < -0.4 is 5.56 Å². The molecule has 2 aromatic rings. The quantitative estimate of drug-likeness (QED) is 0.900. The Morgan fingerprint density at radius 1 is 1.29 bits per heavy atom. The van der Waals surface area contributed by atoms with Crippen LogP contribution in [0.5, 0.6) is 0 Å². The van der Waals surface area contributed by atoms with Crippen LogP contribution in [-0.2, 0) is 0 Å². The zero-order valence-corrected chi connectivity index (χ0v) is 13.2. The molecule has 0 unspecified atom stereocenters. The van der Waals surface area contributed by atoms with Crippen LogP contribution in [0.4, 0.5) is 8.78 Å². The Bertz CT molecular complexity index is 804. The fourth-order valence-corrected chi connectivity index (χ4v) is 3.81. The Balaban J connectivity index is 1.70. The van der Waals surface area contributed by atoms with Gasteiger partial charge in [-0.1, -0.05) is 0 Å². The summed E-state index contributed by atoms with van der Waals surface area (Å²) in [6.07, 6.45) is 3.59. The third-order valence-electron chi connectivity index (χ3n) is 5.52. The van der Waals surface area contributed by atoms with Gasteiger partial charge in [-0.15, -0.1) is 0 Å². The van der Waals surface area contributed by atoms with E-state index < -0.39 is 5.92 Å². The molecule has 6 nitrogen and oxygen atoms in total. The molecule has 2 fully saturated rings. The van der Waals surface area contributed by atoms with Gasteiger partial charge >= 0.3 is 0 Å². The number of aliphatic hydroxyl groups is 1. The van der Waals surface area contributed by atoms with E-state index in [1.165, 1.54) is 6.20 Å². The average molecular weight is 338 g/mol. The first-order chi connectivity index (χ1) is 11.5. The Labute approximate surface area is 136 Å². The van der Waals surface area contributed by atoms with Crippen molar-refractivity contribution in [1.29, 1.82) is 0 Å². The van der Waals surface area contributed by atoms with Crippen LogP contribution >= 0.6 is 0 Å². The summed E-state index contributed by atoms with van der Waals surface area (Å²) in [4.78, 5) is 19.7. The van der Waals surface area contributed by atoms with E-state index in [2.05, 4.69) is 15.1 Å². The largest absolute Gasteiger partial charge is 0.396 e. The number of aromatic nitrogens is 4. The highest BCUT2D eigenvalue weighted by atomic mass is 19.3. The highest BCUT2D eigenvalue weighted by molar-refractivity contribution is 5.73. The first kappa shape index (κ1) is 15.7. The SMILES string of the molecule is O=c1[nH]c([C@@H]2CC[C@H]2CO)nc2c1cnn2C1CCC(F)(F)CC1. The Morgan fingerprint density at radius 3 is 2.67 bits per heavy atom. The van der Waals surface area contributed by atoms with Crippen molar-refractivity contribution in [1.82, 2.24) is 19.7 Å². The Kier molecular flexibility index (Phi) is 3.67. The van der Waals surface area contributed by atoms with Gasteiger partial charge in [0.05, 0.1) is 12.2 Å². The minimum Gasteiger partial charge on any atom is -0.396 e. The highest BCUT2D eigenvalue weighted by Gasteiger charge is 2.37. The molecule has 0 bridgehead atoms. The molecular formula is C16H20F2N4O2. The maximum Gasteiger partial charge on any atom is 0.262 e. The second-order valence-electron chi connectivity index (χ2n) is 6.99. The maximum atomic E-state index is 13.4. The van der Waals surface area contributed by atoms with Crippen LogP contribution in [0.25, 0.3) is 11.0 Å². The number of aliphatic hydroxyl groups excluding tert-OH is 1. The number of halogens is 2. The summed E-state index contributed by atoms with van der Waals surface area (Å²) in [7, 11) is 0. The molecule has 0 aliphatic heterocycles. The van der Waals surface area contributed by atoms with Crippen molar-refractivity contribution in [2.24, 2.45) is 5.92 Å². The monoisotopic (exact) mass is 338 g/mol. The standard InChI is InChI=1S/C16H20F2N4O2/c17-16(18)5-3-10(4-6-16)22-14-12(7-19-22)15(24)21-13(20-14)11-2-1-9(11)8-23/h7,9-11,23H,1-6,8H2,(H,20,21,24)/t9-,11+/m0/s1. The topological polar surface area (TPSA) is 83.8 Å². The molecule has 2 aliphatic carbocycles. The molecule has 2 atom stereocenters. The second-order valence-corrected chi connectivity index (χ2v) is 6.99. The molecule has 2 heterocycles. The van der Waals surface area contributed by atoms with Crippen LogP contribution in [0, 0.1) is 5.92 Å². The average Bonchev–Trinajstić information content (AvgIpc) is 2.91. The van der Waals surface area contributed by atoms with Gasteiger partial charge in [-0.25, -0.2) is 18.4 Å². The first-order valence-corrected chi connectivity index (χ1v) is 8.44. The summed E-state index contributed by atoms with van der Waals surface area (Å²) >= 11 is 0. The summed E-state index contributed by atoms with van der Waals surface area (Å²) in [6, 6.07) is -0.153. The molecule has 0 saturated heterocycles. The van der Waals surface area contributed by atoms with Gasteiger partial charge in [-0.3, -0.25) is 4.79 Å². The van der Waals surface area contributed by atoms with E-state index in [0.29, 0.717) is 29.7 Å². The van der Waals surface area contributed by atoms with E-state index in [-0.39, 0.29) is 42.9 Å². The van der Waals surface area contributed by atoms with Crippen LogP contribution in [0.15, 0.2) is 11.0 Å². The molecule has 8 heteroatoms. The molecule has 0 aromatic carbocycles. The number of alkyl halides is 2. The van der Waals surface area contributed by atoms with Crippen molar-refractivity contribution in [3.05, 3.63) is 22.4 Å². The number of aromatic amines is 1. The van der Waals surface area contributed by atoms with Gasteiger partial charge in [0, 0.05) is 25.4 Å². The normalized spacial score (nSPS) is 27.3. The number of nitrogens with zero attached hydrogens (tertiary/aromatic N) is 3. The van der Waals surface area contributed by atoms with Crippen molar-refractivity contribution >= 4 is 11.0 Å². The molecule has 4 rings (SSSR count). The highest BCUT2D eigenvalue weighted by Crippen LogP contribution is 2.41. The first-order valence-electron chi connectivity index (χ1n) is 8.44. The molecule has 2 N–H and O–H groups in total. The number of nitrogens with one attached hydrogen (secondary N) is 1. The second kappa shape index (κ2) is 5.61. The van der Waals surface area contributed by atoms with E-state index in [4.69, 9.17) is 0 Å². The van der Waals surface area contributed by atoms with Crippen molar-refractivity contribution in [2.45, 2.75) is 56.4 Å². The van der Waals surface area contributed by atoms with Gasteiger partial charge in [0.2, 0.25) is 5.92 Å². The lowest BCUT2D eigenvalue weighted by Gasteiger charge is -2.34. The summed E-state index contributed by atoms with van der Waals surface area (Å²) in [5, 5.41) is 14.0. The van der Waals surface area contributed by atoms with Gasteiger partial charge in [-0.2, -0.15) is 5.10 Å². The van der Waals surface area contributed by atoms with Crippen molar-refractivity contribution in [3.8, 4) is 0 Å². The number of fused-ring (bicyclic) bond motifs is 1. The van der Waals surface area contributed by atoms with Crippen molar-refractivity contribution in [3.63, 3.8) is 0 Å². The number of rotatable bonds is 3. The van der Waals surface area contributed by atoms with Gasteiger partial charge in [0.25, 0.3) is 5.56 Å². The molecule has 0 radical (unpaired) electrons. The molecule has 2 aliphatic rings. The predicted molar refractivity (Wildman–Crippen MR) is 83.2 cm³/mol. The minimum absolute atomic E-state index is 0.0474. The molecule has 130 valence electrons. The van der Waals surface area contributed by atoms with Crippen LogP contribution in [-0.4, -0.2) is 37.4 Å². The van der Waals surface area contributed by atoms with E-state index in [0.717, 1.165) is 12.8 Å². The lowest BCUT2D eigenvalue weighted by molar-refractivity contribution is -0.0446. The summed E-state index contributed by atoms with van der Waals surface area (Å²) < 4.78 is 28.4. The van der Waals surface area contributed by atoms with Gasteiger partial charge in [-0.05, 0) is 31.6 Å². The molecule has 0 spiro atoms. The Morgan fingerprint density at radius 2 is 2.04 bits per heavy atom. The molecule has 0 amide bonds. The predicted octanol–water partition coefficient (Wildman–Crippen LogP) is 2.36. The van der Waals surface area contributed by atoms with E-state index >= 15 is 0 Å². The summed E-state index contributed by atoms with van der Waals surface area (Å²) in [5.74, 6) is -1.86. The number of hydrogen-bond acceptors (Lipinski definition) is 4. The van der Waals surface area contributed by atoms with E-state index in [1.54, 1.807) is 4.68 Å². The summed E-state index contributed by atoms with van der Waals surface area (Å²) in [6.45, 7) is 0.0728. The fraction of sp³-hybridized carbons (Fsp3) is 0.688. The fourth-order valence-electron chi connectivity index (χ4n) is 3.81. The van der Waals surface area contributed by atoms with Crippen molar-refractivity contribution < 1.29 is 13.9 Å². The third-order valence-corrected chi connectivity index (χ3v) is 5.52. The Hall–Kier alpha value is -1.83. The smallest absolute Gasteiger partial charge is 0.262 e. The zero-order valence-electron chi connectivity index (χ0n) is 13.2. The third kappa shape index (κ3) is 2.53. The summed E-state index contributed by atoms with van der Waals surface area (Å²) in [5.41, 5.74) is 0.207. The molecular weight excluding hydrogens is 318 g/mol. The molecule has 2 saturated carbocycles. The number of hydrogen-bond donors (Lipinski definition) is 2. The van der Waals surface area contributed by atoms with E-state index in [9.17, 15) is 18.7 Å². The van der Waals surface area contributed by atoms with Crippen LogP contribution in [0.3, 0.4) is 0 Å². The van der Waals surface area contributed by atoms with Crippen molar-refractivity contribution in [2.75, 3.05) is 6.61 Å². The van der Waals surface area contributed by atoms with Crippen LogP contribution in [0.2, 0.25) is 0 Å². The maximum absolute atomic E-state index is 13.4. The number of H-pyrrole nitrogens is 1. The molecule has 24 heavy (non-hydrogen) atoms. The van der Waals surface area contributed by atoms with Gasteiger partial charge < -0.3 is 10.1 Å². The molecule has 2 aromatic heterocycles. The van der Waals surface area contributed by atoms with Gasteiger partial charge in [0.1, 0.15) is 11.2 Å². The van der Waals surface area contributed by atoms with E-state index in [1.807, 2.05) is 0 Å². The zero-order chi connectivity index (χ0) is 16.9. The van der Waals surface area contributed by atoms with Crippen LogP contribution in [0.1, 0.15) is 56.3 Å². The van der Waals surface area contributed by atoms with Gasteiger partial charge in [0.15, 0.2) is 5.65 Å². The lowest BCUT2D eigenvalue weighted by Crippen LogP contribution is -2.30. The lowest BCUT2D eigenvalue weighted by atomic mass is 9.73. The minimum atomic E-state index is -2.60.